The average Bonchev–Trinajstić information content (AvgIpc) is 3.06. The topological polar surface area (TPSA) is 18.5 Å². The van der Waals surface area contributed by atoms with Gasteiger partial charge in [-0.05, 0) is 72.6 Å². The molecule has 164 valence electrons. The largest absolute Gasteiger partial charge is 0.495 e. The molecule has 33 heavy (non-hydrogen) atoms. The summed E-state index contributed by atoms with van der Waals surface area (Å²) in [5.74, 6) is 0. The molecule has 1 aliphatic rings. The minimum atomic E-state index is -0.462. The second-order valence-corrected chi connectivity index (χ2v) is 9.67. The summed E-state index contributed by atoms with van der Waals surface area (Å²) in [5.41, 5.74) is 7.20. The summed E-state index contributed by atoms with van der Waals surface area (Å²) in [5, 5.41) is 0. The fraction of sp³-hybridized carbons (Fsp3) is 0.200. The summed E-state index contributed by atoms with van der Waals surface area (Å²) in [4.78, 5) is 0. The number of hydrogen-bond acceptors (Lipinski definition) is 2. The molecule has 3 heteroatoms. The summed E-state index contributed by atoms with van der Waals surface area (Å²) in [7, 11) is -0.462. The zero-order valence-corrected chi connectivity index (χ0v) is 19.7. The minimum Gasteiger partial charge on any atom is -0.399 e. The van der Waals surface area contributed by atoms with Crippen LogP contribution in [-0.2, 0) is 9.31 Å². The molecule has 0 aliphatic carbocycles. The van der Waals surface area contributed by atoms with E-state index in [1.807, 2.05) is 0 Å². The fourth-order valence-corrected chi connectivity index (χ4v) is 4.39. The Morgan fingerprint density at radius 2 is 0.970 bits per heavy atom. The molecular formula is C30H29BO2. The molecule has 5 rings (SSSR count). The van der Waals surface area contributed by atoms with Crippen molar-refractivity contribution < 1.29 is 9.31 Å². The molecule has 0 bridgehead atoms. The zero-order valence-electron chi connectivity index (χ0n) is 19.7. The summed E-state index contributed by atoms with van der Waals surface area (Å²) in [6.07, 6.45) is 0. The average molecular weight is 432 g/mol. The molecule has 0 aromatic heterocycles. The molecule has 0 saturated carbocycles. The van der Waals surface area contributed by atoms with E-state index in [1.54, 1.807) is 0 Å². The quantitative estimate of drug-likeness (QED) is 0.324. The lowest BCUT2D eigenvalue weighted by atomic mass is 9.71. The van der Waals surface area contributed by atoms with E-state index in [9.17, 15) is 0 Å². The van der Waals surface area contributed by atoms with Gasteiger partial charge in [0.05, 0.1) is 11.2 Å². The Morgan fingerprint density at radius 3 is 1.48 bits per heavy atom. The Morgan fingerprint density at radius 1 is 0.515 bits per heavy atom. The van der Waals surface area contributed by atoms with Gasteiger partial charge in [0.1, 0.15) is 0 Å². The highest BCUT2D eigenvalue weighted by atomic mass is 16.7. The van der Waals surface area contributed by atoms with Gasteiger partial charge in [-0.25, -0.2) is 0 Å². The van der Waals surface area contributed by atoms with Gasteiger partial charge in [-0.15, -0.1) is 0 Å². The van der Waals surface area contributed by atoms with Crippen LogP contribution < -0.4 is 5.46 Å². The molecule has 0 radical (unpaired) electrons. The number of rotatable bonds is 4. The van der Waals surface area contributed by atoms with E-state index in [4.69, 9.17) is 9.31 Å². The van der Waals surface area contributed by atoms with Crippen LogP contribution in [0.3, 0.4) is 0 Å². The van der Waals surface area contributed by atoms with Gasteiger partial charge in [0, 0.05) is 0 Å². The maximum atomic E-state index is 6.57. The monoisotopic (exact) mass is 432 g/mol. The van der Waals surface area contributed by atoms with Gasteiger partial charge in [-0.1, -0.05) is 97.1 Å². The van der Waals surface area contributed by atoms with Gasteiger partial charge >= 0.3 is 7.12 Å². The summed E-state index contributed by atoms with van der Waals surface area (Å²) in [6.45, 7) is 8.42. The lowest BCUT2D eigenvalue weighted by molar-refractivity contribution is 0.00578. The molecule has 4 aromatic carbocycles. The van der Waals surface area contributed by atoms with Gasteiger partial charge in [-0.2, -0.15) is 0 Å². The van der Waals surface area contributed by atoms with Crippen molar-refractivity contribution in [2.45, 2.75) is 38.9 Å². The smallest absolute Gasteiger partial charge is 0.399 e. The van der Waals surface area contributed by atoms with Crippen molar-refractivity contribution >= 4 is 12.6 Å². The van der Waals surface area contributed by atoms with Crippen molar-refractivity contribution in [1.29, 1.82) is 0 Å². The van der Waals surface area contributed by atoms with Crippen molar-refractivity contribution in [2.75, 3.05) is 0 Å². The van der Waals surface area contributed by atoms with Gasteiger partial charge < -0.3 is 9.31 Å². The maximum absolute atomic E-state index is 6.57. The van der Waals surface area contributed by atoms with Crippen LogP contribution >= 0.6 is 0 Å². The van der Waals surface area contributed by atoms with Crippen molar-refractivity contribution in [3.8, 4) is 33.4 Å². The van der Waals surface area contributed by atoms with E-state index in [2.05, 4.69) is 131 Å². The predicted molar refractivity (Wildman–Crippen MR) is 138 cm³/mol. The van der Waals surface area contributed by atoms with Crippen LogP contribution in [0.5, 0.6) is 0 Å². The molecule has 1 fully saturated rings. The molecule has 0 spiro atoms. The third-order valence-electron chi connectivity index (χ3n) is 6.93. The third kappa shape index (κ3) is 4.03. The maximum Gasteiger partial charge on any atom is 0.495 e. The van der Waals surface area contributed by atoms with E-state index in [1.165, 1.54) is 16.7 Å². The highest BCUT2D eigenvalue weighted by Crippen LogP contribution is 2.40. The summed E-state index contributed by atoms with van der Waals surface area (Å²) >= 11 is 0. The van der Waals surface area contributed by atoms with Crippen LogP contribution in [0.1, 0.15) is 27.7 Å². The van der Waals surface area contributed by atoms with Crippen LogP contribution in [0.2, 0.25) is 0 Å². The molecule has 4 aromatic rings. The highest BCUT2D eigenvalue weighted by Gasteiger charge is 2.52. The second-order valence-electron chi connectivity index (χ2n) is 9.67. The molecular weight excluding hydrogens is 403 g/mol. The first kappa shape index (κ1) is 21.7. The van der Waals surface area contributed by atoms with Gasteiger partial charge in [-0.3, -0.25) is 0 Å². The Bertz CT molecular complexity index is 1230. The molecule has 0 amide bonds. The normalized spacial score (nSPS) is 16.7. The van der Waals surface area contributed by atoms with Crippen LogP contribution in [0.15, 0.2) is 103 Å². The van der Waals surface area contributed by atoms with Crippen molar-refractivity contribution in [2.24, 2.45) is 0 Å². The van der Waals surface area contributed by atoms with Crippen molar-refractivity contribution in [3.05, 3.63) is 103 Å². The van der Waals surface area contributed by atoms with E-state index in [0.717, 1.165) is 22.2 Å². The molecule has 2 nitrogen and oxygen atoms in total. The molecule has 1 saturated heterocycles. The van der Waals surface area contributed by atoms with E-state index >= 15 is 0 Å². The van der Waals surface area contributed by atoms with Gasteiger partial charge in [0.2, 0.25) is 0 Å². The first-order valence-electron chi connectivity index (χ1n) is 11.6. The summed E-state index contributed by atoms with van der Waals surface area (Å²) in [6, 6.07) is 36.2. The fourth-order valence-electron chi connectivity index (χ4n) is 4.39. The van der Waals surface area contributed by atoms with E-state index in [-0.39, 0.29) is 0 Å². The molecule has 0 N–H and O–H groups in total. The molecule has 1 aliphatic heterocycles. The van der Waals surface area contributed by atoms with Crippen molar-refractivity contribution in [3.63, 3.8) is 0 Å². The van der Waals surface area contributed by atoms with Crippen LogP contribution in [0.25, 0.3) is 33.4 Å². The Kier molecular flexibility index (Phi) is 5.48. The standard InChI is InChI=1S/C30H29BO2/c1-29(2)30(3,4)33-31(32-29)27-21-25(22-14-8-5-9-15-22)20-26(23-16-10-6-11-17-23)28(27)24-18-12-7-13-19-24/h5-21H,1-4H3. The molecule has 0 atom stereocenters. The van der Waals surface area contributed by atoms with E-state index in [0.29, 0.717) is 0 Å². The molecule has 1 heterocycles. The minimum absolute atomic E-state index is 0.415. The highest BCUT2D eigenvalue weighted by molar-refractivity contribution is 6.64. The van der Waals surface area contributed by atoms with E-state index < -0.39 is 18.3 Å². The predicted octanol–water partition coefficient (Wildman–Crippen LogP) is 6.99. The SMILES string of the molecule is CC1(C)OB(c2cc(-c3ccccc3)cc(-c3ccccc3)c2-c2ccccc2)OC1(C)C. The van der Waals surface area contributed by atoms with Crippen LogP contribution in [-0.4, -0.2) is 18.3 Å². The number of hydrogen-bond donors (Lipinski definition) is 0. The second kappa shape index (κ2) is 8.33. The Hall–Kier alpha value is -3.14. The van der Waals surface area contributed by atoms with Gasteiger partial charge in [0.15, 0.2) is 0 Å². The lowest BCUT2D eigenvalue weighted by Gasteiger charge is -2.32. The summed E-state index contributed by atoms with van der Waals surface area (Å²) < 4.78 is 13.1. The van der Waals surface area contributed by atoms with Crippen molar-refractivity contribution in [1.82, 2.24) is 0 Å². The van der Waals surface area contributed by atoms with Gasteiger partial charge in [0.25, 0.3) is 0 Å². The Balaban J connectivity index is 1.81. The number of benzene rings is 4. The first-order chi connectivity index (χ1) is 15.9. The molecule has 0 unspecified atom stereocenters. The van der Waals surface area contributed by atoms with Crippen LogP contribution in [0, 0.1) is 0 Å². The third-order valence-corrected chi connectivity index (χ3v) is 6.93. The lowest BCUT2D eigenvalue weighted by Crippen LogP contribution is -2.41. The van der Waals surface area contributed by atoms with Crippen LogP contribution in [0.4, 0.5) is 0 Å². The Labute approximate surface area is 197 Å². The zero-order chi connectivity index (χ0) is 23.1. The first-order valence-corrected chi connectivity index (χ1v) is 11.6.